The zero-order valence-electron chi connectivity index (χ0n) is 12.4. The largest absolute Gasteiger partial charge is 0.319 e. The molecule has 2 rings (SSSR count). The van der Waals surface area contributed by atoms with Crippen LogP contribution in [0.5, 0.6) is 0 Å². The van der Waals surface area contributed by atoms with Gasteiger partial charge >= 0.3 is 0 Å². The normalized spacial score (nSPS) is 24.7. The van der Waals surface area contributed by atoms with Gasteiger partial charge in [0.1, 0.15) is 0 Å². The van der Waals surface area contributed by atoms with Crippen molar-refractivity contribution in [2.24, 2.45) is 5.92 Å². The fourth-order valence-electron chi connectivity index (χ4n) is 3.62. The maximum Gasteiger partial charge on any atom is 0.0391 e. The van der Waals surface area contributed by atoms with E-state index in [-0.39, 0.29) is 0 Å². The van der Waals surface area contributed by atoms with Gasteiger partial charge in [-0.2, -0.15) is 0 Å². The van der Waals surface area contributed by atoms with Crippen molar-refractivity contribution in [1.82, 2.24) is 10.2 Å². The van der Waals surface area contributed by atoms with Crippen LogP contribution in [0.3, 0.4) is 0 Å². The van der Waals surface area contributed by atoms with E-state index in [0.29, 0.717) is 6.04 Å². The topological polar surface area (TPSA) is 15.3 Å². The summed E-state index contributed by atoms with van der Waals surface area (Å²) in [6, 6.07) is 5.23. The summed E-state index contributed by atoms with van der Waals surface area (Å²) in [5.74, 6) is 0.736. The van der Waals surface area contributed by atoms with Crippen molar-refractivity contribution in [3.05, 3.63) is 34.4 Å². The average Bonchev–Trinajstić information content (AvgIpc) is 2.61. The van der Waals surface area contributed by atoms with E-state index in [1.165, 1.54) is 29.7 Å². The first kappa shape index (κ1) is 13.6. The second-order valence-corrected chi connectivity index (χ2v) is 5.84. The molecular weight excluding hydrogens is 220 g/mol. The third-order valence-electron chi connectivity index (χ3n) is 4.27. The van der Waals surface area contributed by atoms with Gasteiger partial charge in [0.25, 0.3) is 0 Å². The van der Waals surface area contributed by atoms with Crippen LogP contribution in [0.2, 0.25) is 0 Å². The van der Waals surface area contributed by atoms with Gasteiger partial charge in [0.2, 0.25) is 0 Å². The molecule has 0 aromatic heterocycles. The Balaban J connectivity index is 2.40. The summed E-state index contributed by atoms with van der Waals surface area (Å²) in [5, 5.41) is 3.35. The molecule has 2 unspecified atom stereocenters. The highest BCUT2D eigenvalue weighted by atomic mass is 15.2. The third kappa shape index (κ3) is 2.45. The van der Waals surface area contributed by atoms with Crippen LogP contribution < -0.4 is 5.32 Å². The van der Waals surface area contributed by atoms with Crippen LogP contribution in [0.25, 0.3) is 0 Å². The predicted molar refractivity (Wildman–Crippen MR) is 78.1 cm³/mol. The monoisotopic (exact) mass is 246 g/mol. The number of hydrogen-bond donors (Lipinski definition) is 1. The molecule has 2 heteroatoms. The highest BCUT2D eigenvalue weighted by Crippen LogP contribution is 2.39. The van der Waals surface area contributed by atoms with E-state index in [4.69, 9.17) is 0 Å². The molecule has 1 aliphatic heterocycles. The number of hydrogen-bond acceptors (Lipinski definition) is 2. The van der Waals surface area contributed by atoms with Crippen molar-refractivity contribution in [3.8, 4) is 0 Å². The summed E-state index contributed by atoms with van der Waals surface area (Å²) in [6.45, 7) is 9.04. The van der Waals surface area contributed by atoms with E-state index in [2.05, 4.69) is 57.2 Å². The smallest absolute Gasteiger partial charge is 0.0391 e. The molecule has 0 aliphatic carbocycles. The minimum Gasteiger partial charge on any atom is -0.319 e. The minimum atomic E-state index is 0.582. The Morgan fingerprint density at radius 3 is 2.39 bits per heavy atom. The standard InChI is InChI=1S/C16H26N2/c1-11-8-12(2)15(13(3)9-11)16-14(10-17-4)6-7-18(16)5/h8-9,14,16-17H,6-7,10H2,1-5H3. The van der Waals surface area contributed by atoms with E-state index in [1.54, 1.807) is 5.56 Å². The molecule has 1 fully saturated rings. The molecule has 18 heavy (non-hydrogen) atoms. The van der Waals surface area contributed by atoms with Crippen LogP contribution in [0.1, 0.15) is 34.7 Å². The number of nitrogens with zero attached hydrogens (tertiary/aromatic N) is 1. The van der Waals surface area contributed by atoms with Gasteiger partial charge in [-0.15, -0.1) is 0 Å². The van der Waals surface area contributed by atoms with Gasteiger partial charge in [-0.1, -0.05) is 17.7 Å². The molecule has 1 saturated heterocycles. The van der Waals surface area contributed by atoms with Crippen LogP contribution in [0, 0.1) is 26.7 Å². The fraction of sp³-hybridized carbons (Fsp3) is 0.625. The summed E-state index contributed by atoms with van der Waals surface area (Å²) in [6.07, 6.45) is 1.30. The van der Waals surface area contributed by atoms with Crippen molar-refractivity contribution < 1.29 is 0 Å². The molecule has 1 aliphatic rings. The zero-order valence-corrected chi connectivity index (χ0v) is 12.4. The number of rotatable bonds is 3. The number of nitrogens with one attached hydrogen (secondary N) is 1. The molecular formula is C16H26N2. The van der Waals surface area contributed by atoms with Gasteiger partial charge in [0, 0.05) is 6.04 Å². The molecule has 0 spiro atoms. The Bertz CT molecular complexity index is 400. The Kier molecular flexibility index (Phi) is 4.08. The summed E-state index contributed by atoms with van der Waals surface area (Å²) in [7, 11) is 4.32. The van der Waals surface area contributed by atoms with Crippen molar-refractivity contribution in [3.63, 3.8) is 0 Å². The molecule has 1 aromatic rings. The lowest BCUT2D eigenvalue weighted by Crippen LogP contribution is -2.28. The Labute approximate surface area is 111 Å². The zero-order chi connectivity index (χ0) is 13.3. The molecule has 1 N–H and O–H groups in total. The first-order valence-electron chi connectivity index (χ1n) is 6.97. The first-order chi connectivity index (χ1) is 8.54. The molecule has 2 nitrogen and oxygen atoms in total. The second-order valence-electron chi connectivity index (χ2n) is 5.84. The molecule has 2 atom stereocenters. The highest BCUT2D eigenvalue weighted by Gasteiger charge is 2.34. The van der Waals surface area contributed by atoms with E-state index in [1.807, 2.05) is 0 Å². The van der Waals surface area contributed by atoms with Gasteiger partial charge in [-0.3, -0.25) is 4.90 Å². The molecule has 0 amide bonds. The molecule has 0 saturated carbocycles. The summed E-state index contributed by atoms with van der Waals surface area (Å²) < 4.78 is 0. The van der Waals surface area contributed by atoms with E-state index in [0.717, 1.165) is 12.5 Å². The fourth-order valence-corrected chi connectivity index (χ4v) is 3.62. The van der Waals surface area contributed by atoms with Gasteiger partial charge in [0.05, 0.1) is 0 Å². The van der Waals surface area contributed by atoms with Crippen molar-refractivity contribution in [2.45, 2.75) is 33.2 Å². The lowest BCUT2D eigenvalue weighted by Gasteiger charge is -2.29. The Hall–Kier alpha value is -0.860. The maximum atomic E-state index is 3.35. The van der Waals surface area contributed by atoms with E-state index in [9.17, 15) is 0 Å². The summed E-state index contributed by atoms with van der Waals surface area (Å²) in [4.78, 5) is 2.52. The lowest BCUT2D eigenvalue weighted by molar-refractivity contribution is 0.272. The molecule has 0 radical (unpaired) electrons. The number of likely N-dealkylation sites (tertiary alicyclic amines) is 1. The van der Waals surface area contributed by atoms with Crippen molar-refractivity contribution >= 4 is 0 Å². The minimum absolute atomic E-state index is 0.582. The van der Waals surface area contributed by atoms with Crippen LogP contribution in [-0.4, -0.2) is 32.1 Å². The van der Waals surface area contributed by atoms with Gasteiger partial charge < -0.3 is 5.32 Å². The van der Waals surface area contributed by atoms with Gasteiger partial charge in [0.15, 0.2) is 0 Å². The van der Waals surface area contributed by atoms with Crippen LogP contribution in [-0.2, 0) is 0 Å². The quantitative estimate of drug-likeness (QED) is 0.882. The third-order valence-corrected chi connectivity index (χ3v) is 4.27. The van der Waals surface area contributed by atoms with Crippen LogP contribution in [0.4, 0.5) is 0 Å². The van der Waals surface area contributed by atoms with Crippen molar-refractivity contribution in [2.75, 3.05) is 27.2 Å². The van der Waals surface area contributed by atoms with Crippen molar-refractivity contribution in [1.29, 1.82) is 0 Å². The number of benzene rings is 1. The predicted octanol–water partition coefficient (Wildman–Crippen LogP) is 2.82. The Morgan fingerprint density at radius 2 is 1.83 bits per heavy atom. The summed E-state index contributed by atoms with van der Waals surface area (Å²) >= 11 is 0. The molecule has 100 valence electrons. The van der Waals surface area contributed by atoms with Gasteiger partial charge in [-0.05, 0) is 77.0 Å². The van der Waals surface area contributed by atoms with Crippen LogP contribution in [0.15, 0.2) is 12.1 Å². The maximum absolute atomic E-state index is 3.35. The highest BCUT2D eigenvalue weighted by molar-refractivity contribution is 5.40. The molecule has 1 heterocycles. The number of aryl methyl sites for hydroxylation is 3. The average molecular weight is 246 g/mol. The van der Waals surface area contributed by atoms with E-state index >= 15 is 0 Å². The summed E-state index contributed by atoms with van der Waals surface area (Å²) in [5.41, 5.74) is 5.83. The van der Waals surface area contributed by atoms with Gasteiger partial charge in [-0.25, -0.2) is 0 Å². The molecule has 0 bridgehead atoms. The SMILES string of the molecule is CNCC1CCN(C)C1c1c(C)cc(C)cc1C. The van der Waals surface area contributed by atoms with Crippen LogP contribution >= 0.6 is 0 Å². The lowest BCUT2D eigenvalue weighted by atomic mass is 9.87. The molecule has 1 aromatic carbocycles. The van der Waals surface area contributed by atoms with E-state index < -0.39 is 0 Å². The first-order valence-corrected chi connectivity index (χ1v) is 6.97. The second kappa shape index (κ2) is 5.41. The Morgan fingerprint density at radius 1 is 1.22 bits per heavy atom.